The minimum atomic E-state index is -0.924. The van der Waals surface area contributed by atoms with E-state index in [0.717, 1.165) is 16.3 Å². The Labute approximate surface area is 170 Å². The van der Waals surface area contributed by atoms with Crippen LogP contribution in [0.3, 0.4) is 0 Å². The van der Waals surface area contributed by atoms with Gasteiger partial charge in [0.2, 0.25) is 0 Å². The fourth-order valence-corrected chi connectivity index (χ4v) is 3.69. The Morgan fingerprint density at radius 3 is 2.54 bits per heavy atom. The average molecular weight is 401 g/mol. The van der Waals surface area contributed by atoms with Crippen LogP contribution in [0, 0.1) is 5.41 Å². The predicted molar refractivity (Wildman–Crippen MR) is 115 cm³/mol. The summed E-state index contributed by atoms with van der Waals surface area (Å²) in [6.07, 6.45) is 4.80. The van der Waals surface area contributed by atoms with Gasteiger partial charge < -0.3 is 10.4 Å². The molecule has 1 aromatic heterocycles. The van der Waals surface area contributed by atoms with E-state index in [2.05, 4.69) is 29.5 Å². The zero-order valence-corrected chi connectivity index (χ0v) is 17.7. The minimum Gasteiger partial charge on any atom is -0.481 e. The van der Waals surface area contributed by atoms with Crippen molar-refractivity contribution in [3.05, 3.63) is 51.5 Å². The minimum absolute atomic E-state index is 0.116. The van der Waals surface area contributed by atoms with Gasteiger partial charge >= 0.3 is 5.97 Å². The molecule has 28 heavy (non-hydrogen) atoms. The number of hydrogen-bond donors (Lipinski definition) is 2. The highest BCUT2D eigenvalue weighted by Crippen LogP contribution is 2.26. The lowest BCUT2D eigenvalue weighted by molar-refractivity contribution is -0.149. The highest BCUT2D eigenvalue weighted by Gasteiger charge is 2.35. The second-order valence-electron chi connectivity index (χ2n) is 7.20. The lowest BCUT2D eigenvalue weighted by Crippen LogP contribution is -2.42. The molecule has 0 bridgehead atoms. The number of rotatable bonds is 9. The molecule has 0 saturated carbocycles. The molecule has 150 valence electrons. The SMILES string of the molecule is CCC(CC)(CNC(=O)c1cccc(C=Cc2nc(C(C)C)cs2)c1)C(=O)O. The number of carboxylic acid groups (broad SMARTS) is 1. The van der Waals surface area contributed by atoms with Gasteiger partial charge in [-0.25, -0.2) is 4.98 Å². The Kier molecular flexibility index (Phi) is 7.52. The maximum absolute atomic E-state index is 12.5. The Bertz CT molecular complexity index is 851. The maximum atomic E-state index is 12.5. The summed E-state index contributed by atoms with van der Waals surface area (Å²) in [7, 11) is 0. The van der Waals surface area contributed by atoms with E-state index in [9.17, 15) is 14.7 Å². The van der Waals surface area contributed by atoms with Crippen LogP contribution in [0.5, 0.6) is 0 Å². The van der Waals surface area contributed by atoms with Gasteiger partial charge in [-0.1, -0.05) is 45.9 Å². The normalized spacial score (nSPS) is 11.9. The first-order valence-electron chi connectivity index (χ1n) is 9.56. The van der Waals surface area contributed by atoms with Crippen LogP contribution in [-0.2, 0) is 4.79 Å². The van der Waals surface area contributed by atoms with Crippen LogP contribution in [0.15, 0.2) is 29.6 Å². The zero-order chi connectivity index (χ0) is 20.7. The number of aromatic nitrogens is 1. The van der Waals surface area contributed by atoms with Gasteiger partial charge in [-0.15, -0.1) is 11.3 Å². The van der Waals surface area contributed by atoms with Crippen LogP contribution in [0.4, 0.5) is 0 Å². The first kappa shape index (κ1) is 21.8. The third-order valence-corrected chi connectivity index (χ3v) is 5.92. The molecular weight excluding hydrogens is 372 g/mol. The number of aliphatic carboxylic acids is 1. The summed E-state index contributed by atoms with van der Waals surface area (Å²) in [6, 6.07) is 7.26. The summed E-state index contributed by atoms with van der Waals surface area (Å²) in [5.74, 6) is -0.743. The third kappa shape index (κ3) is 5.29. The molecule has 2 aromatic rings. The molecule has 6 heteroatoms. The molecule has 0 unspecified atom stereocenters. The third-order valence-electron chi connectivity index (χ3n) is 5.09. The summed E-state index contributed by atoms with van der Waals surface area (Å²) in [5.41, 5.74) is 1.55. The van der Waals surface area contributed by atoms with Gasteiger partial charge in [0.25, 0.3) is 5.91 Å². The van der Waals surface area contributed by atoms with Crippen molar-refractivity contribution in [2.24, 2.45) is 5.41 Å². The molecule has 0 spiro atoms. The fraction of sp³-hybridized carbons (Fsp3) is 0.409. The van der Waals surface area contributed by atoms with Crippen molar-refractivity contribution in [3.8, 4) is 0 Å². The van der Waals surface area contributed by atoms with Gasteiger partial charge in [0.15, 0.2) is 0 Å². The summed E-state index contributed by atoms with van der Waals surface area (Å²) in [5, 5.41) is 15.3. The smallest absolute Gasteiger partial charge is 0.311 e. The van der Waals surface area contributed by atoms with Gasteiger partial charge in [0.1, 0.15) is 5.01 Å². The van der Waals surface area contributed by atoms with Crippen molar-refractivity contribution in [3.63, 3.8) is 0 Å². The van der Waals surface area contributed by atoms with Crippen molar-refractivity contribution >= 4 is 35.4 Å². The van der Waals surface area contributed by atoms with E-state index in [1.165, 1.54) is 0 Å². The van der Waals surface area contributed by atoms with Gasteiger partial charge in [0.05, 0.1) is 11.1 Å². The molecular formula is C22H28N2O3S. The Morgan fingerprint density at radius 2 is 1.96 bits per heavy atom. The van der Waals surface area contributed by atoms with Crippen molar-refractivity contribution in [1.29, 1.82) is 0 Å². The van der Waals surface area contributed by atoms with Gasteiger partial charge in [0, 0.05) is 17.5 Å². The van der Waals surface area contributed by atoms with Crippen LogP contribution >= 0.6 is 11.3 Å². The maximum Gasteiger partial charge on any atom is 0.311 e. The second kappa shape index (κ2) is 9.64. The average Bonchev–Trinajstić information content (AvgIpc) is 3.17. The van der Waals surface area contributed by atoms with Crippen LogP contribution in [0.25, 0.3) is 12.2 Å². The van der Waals surface area contributed by atoms with E-state index in [1.54, 1.807) is 23.5 Å². The number of carboxylic acids is 1. The van der Waals surface area contributed by atoms with E-state index in [0.29, 0.717) is 24.3 Å². The number of carbonyl (C=O) groups is 2. The molecule has 2 rings (SSSR count). The molecule has 1 heterocycles. The number of nitrogens with zero attached hydrogens (tertiary/aromatic N) is 1. The topological polar surface area (TPSA) is 79.3 Å². The van der Waals surface area contributed by atoms with E-state index in [-0.39, 0.29) is 12.5 Å². The van der Waals surface area contributed by atoms with E-state index in [1.807, 2.05) is 38.1 Å². The quantitative estimate of drug-likeness (QED) is 0.617. The molecule has 0 radical (unpaired) electrons. The predicted octanol–water partition coefficient (Wildman–Crippen LogP) is 5.06. The lowest BCUT2D eigenvalue weighted by atomic mass is 9.82. The van der Waals surface area contributed by atoms with Crippen molar-refractivity contribution in [2.45, 2.75) is 46.5 Å². The lowest BCUT2D eigenvalue weighted by Gasteiger charge is -2.26. The first-order chi connectivity index (χ1) is 13.3. The van der Waals surface area contributed by atoms with Gasteiger partial charge in [-0.2, -0.15) is 0 Å². The summed E-state index contributed by atoms with van der Waals surface area (Å²) >= 11 is 1.59. The zero-order valence-electron chi connectivity index (χ0n) is 16.9. The number of thiazole rings is 1. The fourth-order valence-electron chi connectivity index (χ4n) is 2.82. The standard InChI is InChI=1S/C22H28N2O3S/c1-5-22(6-2,21(26)27)14-23-20(25)17-9-7-8-16(12-17)10-11-19-24-18(13-28-19)15(3)4/h7-13,15H,5-6,14H2,1-4H3,(H,23,25)(H,26,27). The summed E-state index contributed by atoms with van der Waals surface area (Å²) < 4.78 is 0. The number of amides is 1. The van der Waals surface area contributed by atoms with Crippen LogP contribution in [0.1, 0.15) is 73.1 Å². The van der Waals surface area contributed by atoms with Crippen LogP contribution in [0.2, 0.25) is 0 Å². The number of carbonyl (C=O) groups excluding carboxylic acids is 1. The number of hydrogen-bond acceptors (Lipinski definition) is 4. The molecule has 2 N–H and O–H groups in total. The molecule has 0 atom stereocenters. The van der Waals surface area contributed by atoms with E-state index in [4.69, 9.17) is 0 Å². The molecule has 0 aliphatic carbocycles. The molecule has 1 amide bonds. The highest BCUT2D eigenvalue weighted by atomic mass is 32.1. The summed E-state index contributed by atoms with van der Waals surface area (Å²) in [4.78, 5) is 28.7. The van der Waals surface area contributed by atoms with E-state index < -0.39 is 11.4 Å². The summed E-state index contributed by atoms with van der Waals surface area (Å²) in [6.45, 7) is 8.00. The van der Waals surface area contributed by atoms with Crippen molar-refractivity contribution < 1.29 is 14.7 Å². The second-order valence-corrected chi connectivity index (χ2v) is 8.09. The Morgan fingerprint density at radius 1 is 1.25 bits per heavy atom. The highest BCUT2D eigenvalue weighted by molar-refractivity contribution is 7.10. The largest absolute Gasteiger partial charge is 0.481 e. The molecule has 1 aromatic carbocycles. The van der Waals surface area contributed by atoms with E-state index >= 15 is 0 Å². The Balaban J connectivity index is 2.08. The molecule has 5 nitrogen and oxygen atoms in total. The van der Waals surface area contributed by atoms with Crippen molar-refractivity contribution in [2.75, 3.05) is 6.54 Å². The van der Waals surface area contributed by atoms with Gasteiger partial charge in [-0.3, -0.25) is 9.59 Å². The van der Waals surface area contributed by atoms with Gasteiger partial charge in [-0.05, 0) is 42.5 Å². The van der Waals surface area contributed by atoms with Crippen molar-refractivity contribution in [1.82, 2.24) is 10.3 Å². The first-order valence-corrected chi connectivity index (χ1v) is 10.4. The number of nitrogens with one attached hydrogen (secondary N) is 1. The Hall–Kier alpha value is -2.47. The van der Waals surface area contributed by atoms with Crippen LogP contribution < -0.4 is 5.32 Å². The molecule has 0 saturated heterocycles. The molecule has 0 aliphatic heterocycles. The molecule has 0 fully saturated rings. The molecule has 0 aliphatic rings. The monoisotopic (exact) mass is 400 g/mol. The number of benzene rings is 1. The van der Waals surface area contributed by atoms with Crippen LogP contribution in [-0.4, -0.2) is 28.5 Å².